The first kappa shape index (κ1) is 20.6. The Morgan fingerprint density at radius 2 is 1.45 bits per heavy atom. The Bertz CT molecular complexity index is 1030. The lowest BCUT2D eigenvalue weighted by Crippen LogP contribution is -2.30. The molecule has 0 bridgehead atoms. The maximum absolute atomic E-state index is 13.4. The van der Waals surface area contributed by atoms with E-state index in [9.17, 15) is 13.2 Å². The maximum atomic E-state index is 13.4. The van der Waals surface area contributed by atoms with E-state index in [2.05, 4.69) is 5.32 Å². The van der Waals surface area contributed by atoms with Crippen molar-refractivity contribution in [3.63, 3.8) is 0 Å². The highest BCUT2D eigenvalue weighted by Crippen LogP contribution is 2.26. The quantitative estimate of drug-likeness (QED) is 0.581. The third-order valence-corrected chi connectivity index (χ3v) is 6.20. The average molecular weight is 409 g/mol. The van der Waals surface area contributed by atoms with Crippen molar-refractivity contribution in [1.82, 2.24) is 0 Å². The molecular weight excluding hydrogens is 384 g/mol. The average Bonchev–Trinajstić information content (AvgIpc) is 2.74. The molecule has 0 atom stereocenters. The van der Waals surface area contributed by atoms with E-state index in [1.165, 1.54) is 16.4 Å². The van der Waals surface area contributed by atoms with Gasteiger partial charge in [0.2, 0.25) is 5.91 Å². The summed E-state index contributed by atoms with van der Waals surface area (Å²) in [7, 11) is -3.79. The van der Waals surface area contributed by atoms with Gasteiger partial charge in [0, 0.05) is 12.1 Å². The van der Waals surface area contributed by atoms with Gasteiger partial charge in [0.1, 0.15) is 0 Å². The molecule has 150 valence electrons. The Hall–Kier alpha value is -3.12. The van der Waals surface area contributed by atoms with Crippen LogP contribution in [0.4, 0.5) is 11.4 Å². The first-order valence-electron chi connectivity index (χ1n) is 9.52. The van der Waals surface area contributed by atoms with E-state index in [-0.39, 0.29) is 17.3 Å². The van der Waals surface area contributed by atoms with E-state index in [1.807, 2.05) is 55.5 Å². The van der Waals surface area contributed by atoms with Crippen LogP contribution in [0, 0.1) is 0 Å². The Balaban J connectivity index is 1.91. The van der Waals surface area contributed by atoms with E-state index in [0.717, 1.165) is 12.0 Å². The van der Waals surface area contributed by atoms with Crippen LogP contribution in [0.2, 0.25) is 0 Å². The molecule has 3 rings (SSSR count). The van der Waals surface area contributed by atoms with Crippen LogP contribution in [0.25, 0.3) is 0 Å². The maximum Gasteiger partial charge on any atom is 0.264 e. The number of carbonyl (C=O) groups excluding carboxylic acids is 1. The molecule has 3 aromatic rings. The summed E-state index contributed by atoms with van der Waals surface area (Å²) in [6, 6.07) is 24.8. The molecule has 6 heteroatoms. The number of amides is 1. The zero-order valence-electron chi connectivity index (χ0n) is 16.3. The fraction of sp³-hybridized carbons (Fsp3) is 0.174. The highest BCUT2D eigenvalue weighted by Gasteiger charge is 2.25. The van der Waals surface area contributed by atoms with E-state index in [0.29, 0.717) is 17.8 Å². The summed E-state index contributed by atoms with van der Waals surface area (Å²) in [4.78, 5) is 11.9. The monoisotopic (exact) mass is 408 g/mol. The van der Waals surface area contributed by atoms with Gasteiger partial charge in [-0.2, -0.15) is 0 Å². The van der Waals surface area contributed by atoms with Crippen molar-refractivity contribution in [2.24, 2.45) is 0 Å². The Morgan fingerprint density at radius 1 is 0.862 bits per heavy atom. The standard InChI is InChI=1S/C23H24N2O3S/c1-2-9-23(26)24-20-14-16-22(17-15-20)29(27,28)25(21-12-7-4-8-13-21)18-19-10-5-3-6-11-19/h3-8,10-17H,2,9,18H2,1H3,(H,24,26). The Kier molecular flexibility index (Phi) is 6.67. The number of nitrogens with one attached hydrogen (secondary N) is 1. The van der Waals surface area contributed by atoms with Crippen molar-refractivity contribution >= 4 is 27.3 Å². The SMILES string of the molecule is CCCC(=O)Nc1ccc(S(=O)(=O)N(Cc2ccccc2)c2ccccc2)cc1. The smallest absolute Gasteiger partial charge is 0.264 e. The van der Waals surface area contributed by atoms with Crippen molar-refractivity contribution in [2.45, 2.75) is 31.2 Å². The largest absolute Gasteiger partial charge is 0.326 e. The molecule has 0 unspecified atom stereocenters. The fourth-order valence-electron chi connectivity index (χ4n) is 2.95. The number of sulfonamides is 1. The van der Waals surface area contributed by atoms with Crippen LogP contribution in [0.1, 0.15) is 25.3 Å². The van der Waals surface area contributed by atoms with Crippen LogP contribution < -0.4 is 9.62 Å². The van der Waals surface area contributed by atoms with E-state index >= 15 is 0 Å². The fourth-order valence-corrected chi connectivity index (χ4v) is 4.40. The molecule has 0 saturated heterocycles. The number of benzene rings is 3. The number of anilines is 2. The number of hydrogen-bond acceptors (Lipinski definition) is 3. The number of para-hydroxylation sites is 1. The molecule has 1 N–H and O–H groups in total. The lowest BCUT2D eigenvalue weighted by Gasteiger charge is -2.25. The van der Waals surface area contributed by atoms with Crippen molar-refractivity contribution in [3.8, 4) is 0 Å². The van der Waals surface area contributed by atoms with Crippen molar-refractivity contribution in [1.29, 1.82) is 0 Å². The molecule has 0 aliphatic carbocycles. The first-order valence-corrected chi connectivity index (χ1v) is 11.0. The molecular formula is C23H24N2O3S. The number of rotatable bonds is 8. The molecule has 0 aliphatic rings. The predicted octanol–water partition coefficient (Wildman–Crippen LogP) is 4.82. The minimum absolute atomic E-state index is 0.0851. The number of carbonyl (C=O) groups is 1. The van der Waals surface area contributed by atoms with Gasteiger partial charge in [-0.25, -0.2) is 8.42 Å². The van der Waals surface area contributed by atoms with Gasteiger partial charge in [-0.15, -0.1) is 0 Å². The van der Waals surface area contributed by atoms with Crippen LogP contribution in [0.5, 0.6) is 0 Å². The molecule has 1 amide bonds. The van der Waals surface area contributed by atoms with Gasteiger partial charge in [-0.05, 0) is 48.4 Å². The summed E-state index contributed by atoms with van der Waals surface area (Å²) in [5.41, 5.74) is 2.07. The highest BCUT2D eigenvalue weighted by molar-refractivity contribution is 7.92. The van der Waals surface area contributed by atoms with Crippen molar-refractivity contribution < 1.29 is 13.2 Å². The van der Waals surface area contributed by atoms with E-state index in [4.69, 9.17) is 0 Å². The third kappa shape index (κ3) is 5.23. The van der Waals surface area contributed by atoms with Gasteiger partial charge in [-0.1, -0.05) is 55.5 Å². The van der Waals surface area contributed by atoms with Gasteiger partial charge >= 0.3 is 0 Å². The highest BCUT2D eigenvalue weighted by atomic mass is 32.2. The molecule has 0 aromatic heterocycles. The lowest BCUT2D eigenvalue weighted by atomic mass is 10.2. The van der Waals surface area contributed by atoms with E-state index < -0.39 is 10.0 Å². The molecule has 0 radical (unpaired) electrons. The second kappa shape index (κ2) is 9.39. The molecule has 0 spiro atoms. The minimum atomic E-state index is -3.79. The lowest BCUT2D eigenvalue weighted by molar-refractivity contribution is -0.116. The summed E-state index contributed by atoms with van der Waals surface area (Å²) in [5.74, 6) is -0.0851. The zero-order valence-corrected chi connectivity index (χ0v) is 17.1. The third-order valence-electron chi connectivity index (χ3n) is 4.42. The van der Waals surface area contributed by atoms with Gasteiger partial charge < -0.3 is 5.32 Å². The minimum Gasteiger partial charge on any atom is -0.326 e. The summed E-state index contributed by atoms with van der Waals surface area (Å²) < 4.78 is 28.2. The van der Waals surface area contributed by atoms with Gasteiger partial charge in [0.15, 0.2) is 0 Å². The summed E-state index contributed by atoms with van der Waals surface area (Å²) in [6.45, 7) is 2.16. The van der Waals surface area contributed by atoms with Crippen molar-refractivity contribution in [3.05, 3.63) is 90.5 Å². The zero-order chi connectivity index (χ0) is 20.7. The molecule has 0 fully saturated rings. The molecule has 0 saturated carbocycles. The molecule has 5 nitrogen and oxygen atoms in total. The second-order valence-corrected chi connectivity index (χ2v) is 8.52. The Morgan fingerprint density at radius 3 is 2.03 bits per heavy atom. The van der Waals surface area contributed by atoms with Crippen LogP contribution in [0.15, 0.2) is 89.8 Å². The summed E-state index contributed by atoms with van der Waals surface area (Å²) in [5, 5.41) is 2.77. The summed E-state index contributed by atoms with van der Waals surface area (Å²) in [6.07, 6.45) is 1.18. The number of hydrogen-bond donors (Lipinski definition) is 1. The van der Waals surface area contributed by atoms with Crippen LogP contribution in [-0.2, 0) is 21.4 Å². The first-order chi connectivity index (χ1) is 14.0. The molecule has 29 heavy (non-hydrogen) atoms. The van der Waals surface area contributed by atoms with Crippen molar-refractivity contribution in [2.75, 3.05) is 9.62 Å². The van der Waals surface area contributed by atoms with Gasteiger partial charge in [0.05, 0.1) is 17.1 Å². The molecule has 0 heterocycles. The van der Waals surface area contributed by atoms with Crippen LogP contribution in [0.3, 0.4) is 0 Å². The van der Waals surface area contributed by atoms with Gasteiger partial charge in [-0.3, -0.25) is 9.10 Å². The van der Waals surface area contributed by atoms with Crippen LogP contribution in [-0.4, -0.2) is 14.3 Å². The Labute approximate surface area is 172 Å². The van der Waals surface area contributed by atoms with E-state index in [1.54, 1.807) is 24.3 Å². The van der Waals surface area contributed by atoms with Crippen LogP contribution >= 0.6 is 0 Å². The topological polar surface area (TPSA) is 66.5 Å². The predicted molar refractivity (Wildman–Crippen MR) is 116 cm³/mol. The normalized spacial score (nSPS) is 11.1. The number of nitrogens with zero attached hydrogens (tertiary/aromatic N) is 1. The second-order valence-electron chi connectivity index (χ2n) is 6.66. The summed E-state index contributed by atoms with van der Waals surface area (Å²) >= 11 is 0. The molecule has 0 aliphatic heterocycles. The molecule has 3 aromatic carbocycles. The van der Waals surface area contributed by atoms with Gasteiger partial charge in [0.25, 0.3) is 10.0 Å².